The molecule has 1 aliphatic heterocycles. The van der Waals surface area contributed by atoms with Gasteiger partial charge in [-0.25, -0.2) is 4.98 Å². The van der Waals surface area contributed by atoms with Gasteiger partial charge in [-0.2, -0.15) is 0 Å². The SMILES string of the molecule is COc1ccnc(CSn2cnc3c2CCC2=C3OC(F)(F)O2)c1OC. The predicted octanol–water partition coefficient (Wildman–Crippen LogP) is 3.20. The summed E-state index contributed by atoms with van der Waals surface area (Å²) in [5, 5.41) is 0. The molecule has 0 spiro atoms. The second kappa shape index (κ2) is 6.35. The van der Waals surface area contributed by atoms with Crippen LogP contribution in [0.3, 0.4) is 0 Å². The Hall–Kier alpha value is -2.49. The van der Waals surface area contributed by atoms with E-state index in [2.05, 4.69) is 19.4 Å². The number of allylic oxidation sites excluding steroid dienone is 1. The highest BCUT2D eigenvalue weighted by Gasteiger charge is 2.48. The van der Waals surface area contributed by atoms with E-state index in [-0.39, 0.29) is 11.5 Å². The van der Waals surface area contributed by atoms with Crippen molar-refractivity contribution in [1.29, 1.82) is 0 Å². The van der Waals surface area contributed by atoms with Gasteiger partial charge in [-0.05, 0) is 18.4 Å². The van der Waals surface area contributed by atoms with Crippen molar-refractivity contribution in [3.05, 3.63) is 41.4 Å². The molecule has 0 fully saturated rings. The van der Waals surface area contributed by atoms with Crippen molar-refractivity contribution in [2.24, 2.45) is 0 Å². The van der Waals surface area contributed by atoms with E-state index in [1.165, 1.54) is 11.9 Å². The lowest BCUT2D eigenvalue weighted by molar-refractivity contribution is -0.330. The molecule has 0 unspecified atom stereocenters. The monoisotopic (exact) mass is 383 g/mol. The van der Waals surface area contributed by atoms with Crippen molar-refractivity contribution in [3.8, 4) is 11.5 Å². The Morgan fingerprint density at radius 3 is 2.85 bits per heavy atom. The molecule has 10 heteroatoms. The molecule has 1 aliphatic carbocycles. The van der Waals surface area contributed by atoms with Gasteiger partial charge in [0.2, 0.25) is 0 Å². The molecule has 0 saturated heterocycles. The molecular weight excluding hydrogens is 368 g/mol. The minimum Gasteiger partial charge on any atom is -0.493 e. The van der Waals surface area contributed by atoms with Gasteiger partial charge >= 0.3 is 6.29 Å². The van der Waals surface area contributed by atoms with E-state index in [4.69, 9.17) is 9.47 Å². The predicted molar refractivity (Wildman–Crippen MR) is 88.6 cm³/mol. The average Bonchev–Trinajstić information content (AvgIpc) is 3.18. The Morgan fingerprint density at radius 2 is 2.08 bits per heavy atom. The summed E-state index contributed by atoms with van der Waals surface area (Å²) in [6.45, 7) is 0. The summed E-state index contributed by atoms with van der Waals surface area (Å²) in [4.78, 5) is 8.55. The molecule has 4 rings (SSSR count). The molecule has 2 aromatic heterocycles. The van der Waals surface area contributed by atoms with Gasteiger partial charge in [-0.15, -0.1) is 8.78 Å². The van der Waals surface area contributed by atoms with Crippen molar-refractivity contribution >= 4 is 17.7 Å². The standard InChI is InChI=1S/C16H15F2N3O4S/c1-22-11-5-6-19-9(14(11)23-2)7-26-21-8-20-13-10(21)3-4-12-15(13)25-16(17,18)24-12/h5-6,8H,3-4,7H2,1-2H3. The number of ether oxygens (including phenoxy) is 4. The second-order valence-corrected chi connectivity index (χ2v) is 6.49. The van der Waals surface area contributed by atoms with Gasteiger partial charge in [0, 0.05) is 18.7 Å². The van der Waals surface area contributed by atoms with Crippen LogP contribution >= 0.6 is 11.9 Å². The largest absolute Gasteiger partial charge is 0.586 e. The first-order valence-corrected chi connectivity index (χ1v) is 8.71. The van der Waals surface area contributed by atoms with E-state index in [0.717, 1.165) is 5.69 Å². The van der Waals surface area contributed by atoms with Crippen LogP contribution in [0.25, 0.3) is 5.76 Å². The molecule has 0 N–H and O–H groups in total. The Bertz CT molecular complexity index is 884. The summed E-state index contributed by atoms with van der Waals surface area (Å²) in [6, 6.07) is 1.72. The third kappa shape index (κ3) is 2.83. The van der Waals surface area contributed by atoms with Crippen molar-refractivity contribution in [2.45, 2.75) is 24.9 Å². The fourth-order valence-electron chi connectivity index (χ4n) is 2.94. The minimum atomic E-state index is -3.62. The van der Waals surface area contributed by atoms with E-state index >= 15 is 0 Å². The molecule has 0 aromatic carbocycles. The molecule has 0 bridgehead atoms. The lowest BCUT2D eigenvalue weighted by atomic mass is 10.1. The Kier molecular flexibility index (Phi) is 4.14. The number of fused-ring (bicyclic) bond motifs is 2. The van der Waals surface area contributed by atoms with Gasteiger partial charge in [-0.3, -0.25) is 8.96 Å². The van der Waals surface area contributed by atoms with Crippen LogP contribution in [0.4, 0.5) is 8.78 Å². The number of halogens is 2. The smallest absolute Gasteiger partial charge is 0.493 e. The number of aromatic nitrogens is 3. The number of hydrogen-bond donors (Lipinski definition) is 0. The number of nitrogens with zero attached hydrogens (tertiary/aromatic N) is 3. The summed E-state index contributed by atoms with van der Waals surface area (Å²) in [6.07, 6.45) is 0.469. The van der Waals surface area contributed by atoms with Gasteiger partial charge < -0.3 is 18.9 Å². The van der Waals surface area contributed by atoms with E-state index in [0.29, 0.717) is 41.5 Å². The molecule has 7 nitrogen and oxygen atoms in total. The highest BCUT2D eigenvalue weighted by molar-refractivity contribution is 7.97. The highest BCUT2D eigenvalue weighted by Crippen LogP contribution is 2.44. The van der Waals surface area contributed by atoms with Crippen LogP contribution in [0.2, 0.25) is 0 Å². The van der Waals surface area contributed by atoms with Gasteiger partial charge in [0.1, 0.15) is 12.0 Å². The second-order valence-electron chi connectivity index (χ2n) is 5.55. The van der Waals surface area contributed by atoms with Gasteiger partial charge in [0.15, 0.2) is 23.0 Å². The van der Waals surface area contributed by atoms with Crippen molar-refractivity contribution in [2.75, 3.05) is 14.2 Å². The van der Waals surface area contributed by atoms with Crippen molar-refractivity contribution in [1.82, 2.24) is 13.9 Å². The fourth-order valence-corrected chi connectivity index (χ4v) is 3.85. The zero-order chi connectivity index (χ0) is 18.3. The van der Waals surface area contributed by atoms with Gasteiger partial charge in [0.05, 0.1) is 31.4 Å². The Morgan fingerprint density at radius 1 is 1.23 bits per heavy atom. The van der Waals surface area contributed by atoms with E-state index in [1.54, 1.807) is 32.8 Å². The van der Waals surface area contributed by atoms with Crippen molar-refractivity contribution < 1.29 is 27.7 Å². The normalized spacial score (nSPS) is 17.2. The number of methoxy groups -OCH3 is 2. The summed E-state index contributed by atoms with van der Waals surface area (Å²) >= 11 is 1.43. The molecule has 0 radical (unpaired) electrons. The van der Waals surface area contributed by atoms with E-state index in [1.807, 2.05) is 3.97 Å². The van der Waals surface area contributed by atoms with Crippen LogP contribution in [0.15, 0.2) is 24.3 Å². The third-order valence-electron chi connectivity index (χ3n) is 4.06. The summed E-state index contributed by atoms with van der Waals surface area (Å²) in [5.74, 6) is 1.82. The fraction of sp³-hybridized carbons (Fsp3) is 0.375. The number of rotatable bonds is 5. The van der Waals surface area contributed by atoms with Gasteiger partial charge in [-0.1, -0.05) is 0 Å². The first kappa shape index (κ1) is 17.0. The first-order chi connectivity index (χ1) is 12.5. The maximum absolute atomic E-state index is 13.3. The maximum atomic E-state index is 13.3. The quantitative estimate of drug-likeness (QED) is 0.785. The summed E-state index contributed by atoms with van der Waals surface area (Å²) in [5.41, 5.74) is 1.90. The maximum Gasteiger partial charge on any atom is 0.586 e. The third-order valence-corrected chi connectivity index (χ3v) is 5.05. The number of alkyl halides is 2. The number of hydrogen-bond acceptors (Lipinski definition) is 7. The molecule has 2 aromatic rings. The van der Waals surface area contributed by atoms with E-state index < -0.39 is 6.29 Å². The molecule has 0 amide bonds. The highest BCUT2D eigenvalue weighted by atomic mass is 32.2. The molecule has 0 atom stereocenters. The summed E-state index contributed by atoms with van der Waals surface area (Å²) in [7, 11) is 3.12. The molecule has 26 heavy (non-hydrogen) atoms. The van der Waals surface area contributed by atoms with Crippen LogP contribution in [0, 0.1) is 0 Å². The lowest BCUT2D eigenvalue weighted by Gasteiger charge is -2.14. The lowest BCUT2D eigenvalue weighted by Crippen LogP contribution is -2.16. The summed E-state index contributed by atoms with van der Waals surface area (Å²) < 4.78 is 48.2. The average molecular weight is 383 g/mol. The van der Waals surface area contributed by atoms with Crippen LogP contribution in [0.1, 0.15) is 23.5 Å². The number of imidazole rings is 1. The van der Waals surface area contributed by atoms with Crippen LogP contribution in [-0.2, 0) is 21.6 Å². The Balaban J connectivity index is 1.56. The molecular formula is C16H15F2N3O4S. The number of pyridine rings is 1. The Labute approximate surface area is 152 Å². The van der Waals surface area contributed by atoms with Crippen LogP contribution in [-0.4, -0.2) is 34.5 Å². The minimum absolute atomic E-state index is 0.0210. The van der Waals surface area contributed by atoms with Crippen LogP contribution in [0.5, 0.6) is 11.5 Å². The van der Waals surface area contributed by atoms with Crippen LogP contribution < -0.4 is 9.47 Å². The molecule has 138 valence electrons. The van der Waals surface area contributed by atoms with Crippen molar-refractivity contribution in [3.63, 3.8) is 0 Å². The van der Waals surface area contributed by atoms with Gasteiger partial charge in [0.25, 0.3) is 0 Å². The molecule has 3 heterocycles. The molecule has 0 saturated carbocycles. The van der Waals surface area contributed by atoms with E-state index in [9.17, 15) is 8.78 Å². The zero-order valence-corrected chi connectivity index (χ0v) is 14.8. The molecule has 2 aliphatic rings. The zero-order valence-electron chi connectivity index (χ0n) is 14.0. The first-order valence-electron chi connectivity index (χ1n) is 7.77. The topological polar surface area (TPSA) is 67.6 Å².